The minimum atomic E-state index is -0.783. The average Bonchev–Trinajstić information content (AvgIpc) is 3.38. The van der Waals surface area contributed by atoms with E-state index in [1.165, 1.54) is 11.3 Å². The topological polar surface area (TPSA) is 84.1 Å². The second kappa shape index (κ2) is 10.3. The predicted molar refractivity (Wildman–Crippen MR) is 151 cm³/mol. The van der Waals surface area contributed by atoms with Gasteiger partial charge in [-0.2, -0.15) is 0 Å². The van der Waals surface area contributed by atoms with Gasteiger partial charge in [-0.15, -0.1) is 0 Å². The highest BCUT2D eigenvalue weighted by atomic mass is 79.9. The van der Waals surface area contributed by atoms with Crippen LogP contribution < -0.4 is 24.4 Å². The Morgan fingerprint density at radius 2 is 1.89 bits per heavy atom. The number of thiazole rings is 1. The lowest BCUT2D eigenvalue weighted by Gasteiger charge is -2.26. The number of carbonyl (C=O) groups excluding carboxylic acids is 1. The number of carbonyl (C=O) groups is 1. The third-order valence-corrected chi connectivity index (χ3v) is 8.20. The zero-order valence-corrected chi connectivity index (χ0v) is 24.0. The number of aromatic nitrogens is 2. The van der Waals surface area contributed by atoms with Crippen LogP contribution in [-0.2, 0) is 16.6 Å². The standard InChI is InChI=1S/C28H26BrN3O5S/c1-6-37-27(34)24-15(2)30-28-32(25(24)18-12-21(35-4)22(36-5)13-19(18)29)26(33)23(38-28)11-16-14-31(3)20-10-8-7-9-17(16)20/h7-14,25H,6H2,1-5H3/b23-11-/t25-/m1/s1. The molecule has 0 fully saturated rings. The molecule has 0 unspecified atom stereocenters. The number of nitrogens with zero attached hydrogens (tertiary/aromatic N) is 3. The summed E-state index contributed by atoms with van der Waals surface area (Å²) >= 11 is 4.91. The SMILES string of the molecule is CCOC(=O)C1=C(C)N=c2s/c(=C\c3cn(C)c4ccccc34)c(=O)n2[C@@H]1c1cc(OC)c(OC)cc1Br. The molecule has 0 amide bonds. The average molecular weight is 597 g/mol. The summed E-state index contributed by atoms with van der Waals surface area (Å²) in [5, 5.41) is 1.04. The fraction of sp³-hybridized carbons (Fsp3) is 0.250. The molecule has 3 heterocycles. The summed E-state index contributed by atoms with van der Waals surface area (Å²) in [4.78, 5) is 32.4. The van der Waals surface area contributed by atoms with E-state index in [0.29, 0.717) is 42.1 Å². The molecule has 0 spiro atoms. The summed E-state index contributed by atoms with van der Waals surface area (Å²) in [6.45, 7) is 3.70. The van der Waals surface area contributed by atoms with Crippen LogP contribution in [0.2, 0.25) is 0 Å². The molecule has 0 radical (unpaired) electrons. The maximum absolute atomic E-state index is 14.0. The van der Waals surface area contributed by atoms with Gasteiger partial charge in [0.25, 0.3) is 5.56 Å². The highest BCUT2D eigenvalue weighted by molar-refractivity contribution is 9.10. The number of methoxy groups -OCH3 is 2. The smallest absolute Gasteiger partial charge is 0.338 e. The van der Waals surface area contributed by atoms with Crippen LogP contribution in [0.5, 0.6) is 11.5 Å². The molecule has 2 aromatic heterocycles. The Morgan fingerprint density at radius 1 is 1.18 bits per heavy atom. The number of halogens is 1. The van der Waals surface area contributed by atoms with Gasteiger partial charge < -0.3 is 18.8 Å². The van der Waals surface area contributed by atoms with E-state index in [-0.39, 0.29) is 12.2 Å². The Bertz CT molecular complexity index is 1800. The molecule has 2 aromatic carbocycles. The zero-order chi connectivity index (χ0) is 27.1. The first-order chi connectivity index (χ1) is 18.3. The van der Waals surface area contributed by atoms with Crippen LogP contribution >= 0.6 is 27.3 Å². The summed E-state index contributed by atoms with van der Waals surface area (Å²) < 4.78 is 21.2. The summed E-state index contributed by atoms with van der Waals surface area (Å²) in [5.41, 5.74) is 3.19. The van der Waals surface area contributed by atoms with Crippen molar-refractivity contribution in [2.24, 2.45) is 12.0 Å². The number of ether oxygens (including phenoxy) is 3. The maximum Gasteiger partial charge on any atom is 0.338 e. The van der Waals surface area contributed by atoms with Crippen molar-refractivity contribution in [3.8, 4) is 11.5 Å². The lowest BCUT2D eigenvalue weighted by Crippen LogP contribution is -2.40. The molecular weight excluding hydrogens is 570 g/mol. The van der Waals surface area contributed by atoms with Gasteiger partial charge in [0.2, 0.25) is 0 Å². The first-order valence-corrected chi connectivity index (χ1v) is 13.5. The van der Waals surface area contributed by atoms with Crippen LogP contribution in [-0.4, -0.2) is 35.9 Å². The first kappa shape index (κ1) is 26.0. The fourth-order valence-electron chi connectivity index (χ4n) is 4.79. The molecule has 4 aromatic rings. The first-order valence-electron chi connectivity index (χ1n) is 11.9. The third kappa shape index (κ3) is 4.27. The third-order valence-electron chi connectivity index (χ3n) is 6.53. The van der Waals surface area contributed by atoms with Crippen molar-refractivity contribution in [2.75, 3.05) is 20.8 Å². The predicted octanol–water partition coefficient (Wildman–Crippen LogP) is 4.07. The largest absolute Gasteiger partial charge is 0.493 e. The van der Waals surface area contributed by atoms with Crippen LogP contribution in [0.15, 0.2) is 68.1 Å². The monoisotopic (exact) mass is 595 g/mol. The molecule has 8 nitrogen and oxygen atoms in total. The summed E-state index contributed by atoms with van der Waals surface area (Å²) in [6, 6.07) is 10.8. The van der Waals surface area contributed by atoms with Gasteiger partial charge in [-0.05, 0) is 43.7 Å². The molecule has 0 N–H and O–H groups in total. The Hall–Kier alpha value is -3.63. The minimum absolute atomic E-state index is 0.195. The molecule has 0 aliphatic carbocycles. The van der Waals surface area contributed by atoms with E-state index < -0.39 is 12.0 Å². The molecule has 5 rings (SSSR count). The van der Waals surface area contributed by atoms with Crippen LogP contribution in [0, 0.1) is 0 Å². The lowest BCUT2D eigenvalue weighted by molar-refractivity contribution is -0.139. The molecular formula is C28H26BrN3O5S. The second-order valence-electron chi connectivity index (χ2n) is 8.74. The number of aryl methyl sites for hydroxylation is 1. The Labute approximate surface area is 231 Å². The van der Waals surface area contributed by atoms with Gasteiger partial charge in [-0.3, -0.25) is 9.36 Å². The van der Waals surface area contributed by atoms with Crippen LogP contribution in [0.25, 0.3) is 17.0 Å². The minimum Gasteiger partial charge on any atom is -0.493 e. The molecule has 1 aliphatic heterocycles. The molecule has 0 bridgehead atoms. The van der Waals surface area contributed by atoms with Gasteiger partial charge >= 0.3 is 5.97 Å². The van der Waals surface area contributed by atoms with Crippen LogP contribution in [0.1, 0.15) is 31.0 Å². The normalized spacial score (nSPS) is 15.4. The molecule has 1 atom stereocenters. The van der Waals surface area contributed by atoms with Crippen molar-refractivity contribution >= 4 is 50.2 Å². The van der Waals surface area contributed by atoms with Crippen molar-refractivity contribution in [1.82, 2.24) is 9.13 Å². The number of para-hydroxylation sites is 1. The molecule has 0 saturated heterocycles. The summed E-state index contributed by atoms with van der Waals surface area (Å²) in [6.07, 6.45) is 3.89. The van der Waals surface area contributed by atoms with Gasteiger partial charge in [0.15, 0.2) is 16.3 Å². The zero-order valence-electron chi connectivity index (χ0n) is 21.6. The number of fused-ring (bicyclic) bond motifs is 2. The molecule has 10 heteroatoms. The van der Waals surface area contributed by atoms with Gasteiger partial charge in [0.05, 0.1) is 42.7 Å². The Balaban J connectivity index is 1.79. The summed E-state index contributed by atoms with van der Waals surface area (Å²) in [7, 11) is 5.07. The number of hydrogen-bond acceptors (Lipinski definition) is 7. The second-order valence-corrected chi connectivity index (χ2v) is 10.6. The van der Waals surface area contributed by atoms with Gasteiger partial charge in [-0.1, -0.05) is 45.5 Å². The lowest BCUT2D eigenvalue weighted by atomic mass is 9.95. The number of allylic oxidation sites excluding steroid dienone is 1. The van der Waals surface area contributed by atoms with Crippen molar-refractivity contribution in [1.29, 1.82) is 0 Å². The Morgan fingerprint density at radius 3 is 2.61 bits per heavy atom. The highest BCUT2D eigenvalue weighted by Crippen LogP contribution is 2.40. The number of hydrogen-bond donors (Lipinski definition) is 0. The van der Waals surface area contributed by atoms with Crippen LogP contribution in [0.4, 0.5) is 0 Å². The number of esters is 1. The molecule has 0 saturated carbocycles. The van der Waals surface area contributed by atoms with E-state index in [4.69, 9.17) is 14.2 Å². The van der Waals surface area contributed by atoms with Crippen molar-refractivity contribution in [3.63, 3.8) is 0 Å². The van der Waals surface area contributed by atoms with Gasteiger partial charge in [-0.25, -0.2) is 9.79 Å². The molecule has 196 valence electrons. The number of benzene rings is 2. The number of rotatable bonds is 6. The van der Waals surface area contributed by atoms with Crippen molar-refractivity contribution < 1.29 is 19.0 Å². The van der Waals surface area contributed by atoms with E-state index >= 15 is 0 Å². The van der Waals surface area contributed by atoms with Gasteiger partial charge in [0.1, 0.15) is 0 Å². The Kier molecular flexibility index (Phi) is 7.02. The van der Waals surface area contributed by atoms with E-state index in [1.54, 1.807) is 44.8 Å². The van der Waals surface area contributed by atoms with Gasteiger partial charge in [0, 0.05) is 34.2 Å². The van der Waals surface area contributed by atoms with E-state index in [0.717, 1.165) is 16.5 Å². The maximum atomic E-state index is 14.0. The molecule has 1 aliphatic rings. The van der Waals surface area contributed by atoms with Crippen molar-refractivity contribution in [3.05, 3.63) is 89.2 Å². The quantitative estimate of drug-likeness (QED) is 0.314. The van der Waals surface area contributed by atoms with E-state index in [9.17, 15) is 9.59 Å². The molecule has 38 heavy (non-hydrogen) atoms. The van der Waals surface area contributed by atoms with E-state index in [2.05, 4.69) is 20.9 Å². The highest BCUT2D eigenvalue weighted by Gasteiger charge is 2.35. The van der Waals surface area contributed by atoms with Crippen molar-refractivity contribution in [2.45, 2.75) is 19.9 Å². The fourth-order valence-corrected chi connectivity index (χ4v) is 6.37. The summed E-state index contributed by atoms with van der Waals surface area (Å²) in [5.74, 6) is 0.468. The van der Waals surface area contributed by atoms with E-state index in [1.807, 2.05) is 48.2 Å². The van der Waals surface area contributed by atoms with Crippen LogP contribution in [0.3, 0.4) is 0 Å².